The molecule has 2 saturated carbocycles. The van der Waals surface area contributed by atoms with Gasteiger partial charge < -0.3 is 15.9 Å². The number of Topliss-reactive ketones (excluding diaryl/α,β-unsaturated/α-hetero) is 5. The largest absolute Gasteiger partial charge is 0.507 e. The van der Waals surface area contributed by atoms with Gasteiger partial charge in [-0.25, -0.2) is 0 Å². The number of carbonyl (C=O) groups is 6. The molecule has 1 heterocycles. The molecule has 0 saturated heterocycles. The molecule has 3 aliphatic rings. The summed E-state index contributed by atoms with van der Waals surface area (Å²) < 4.78 is 0. The highest BCUT2D eigenvalue weighted by atomic mass is 16.3. The molecule has 5 rings (SSSR count). The molecular weight excluding hydrogens is 518 g/mol. The van der Waals surface area contributed by atoms with E-state index in [1.807, 2.05) is 0 Å². The fourth-order valence-corrected chi connectivity index (χ4v) is 6.82. The average molecular weight is 548 g/mol. The predicted molar refractivity (Wildman–Crippen MR) is 139 cm³/mol. The molecule has 0 spiro atoms. The van der Waals surface area contributed by atoms with Crippen molar-refractivity contribution in [3.63, 3.8) is 0 Å². The van der Waals surface area contributed by atoms with Gasteiger partial charge in [0.25, 0.3) is 0 Å². The minimum atomic E-state index is -2.76. The second-order valence-corrected chi connectivity index (χ2v) is 11.2. The zero-order valence-corrected chi connectivity index (χ0v) is 22.2. The van der Waals surface area contributed by atoms with E-state index in [0.717, 1.165) is 0 Å². The minimum absolute atomic E-state index is 0.0329. The lowest BCUT2D eigenvalue weighted by Crippen LogP contribution is -2.74. The van der Waals surface area contributed by atoms with E-state index >= 15 is 0 Å². The van der Waals surface area contributed by atoms with Crippen molar-refractivity contribution in [3.8, 4) is 16.9 Å². The molecule has 208 valence electrons. The van der Waals surface area contributed by atoms with Gasteiger partial charge in [0.1, 0.15) is 11.5 Å². The van der Waals surface area contributed by atoms with Crippen molar-refractivity contribution < 1.29 is 39.0 Å². The summed E-state index contributed by atoms with van der Waals surface area (Å²) in [6, 6.07) is 5.26. The van der Waals surface area contributed by atoms with Crippen LogP contribution >= 0.6 is 0 Å². The Morgan fingerprint density at radius 1 is 1.10 bits per heavy atom. The van der Waals surface area contributed by atoms with E-state index in [2.05, 4.69) is 4.98 Å². The van der Waals surface area contributed by atoms with Gasteiger partial charge in [0.05, 0.1) is 17.5 Å². The number of pyridine rings is 1. The van der Waals surface area contributed by atoms with Crippen LogP contribution in [0.4, 0.5) is 0 Å². The minimum Gasteiger partial charge on any atom is -0.507 e. The molecule has 4 N–H and O–H groups in total. The van der Waals surface area contributed by atoms with Gasteiger partial charge in [-0.1, -0.05) is 12.1 Å². The van der Waals surface area contributed by atoms with E-state index in [-0.39, 0.29) is 36.4 Å². The lowest BCUT2D eigenvalue weighted by atomic mass is 9.52. The van der Waals surface area contributed by atoms with E-state index in [1.54, 1.807) is 24.4 Å². The molecule has 0 aliphatic heterocycles. The molecule has 11 nitrogen and oxygen atoms in total. The number of aromatic hydroxyl groups is 1. The Labute approximate surface area is 229 Å². The van der Waals surface area contributed by atoms with Gasteiger partial charge in [0.2, 0.25) is 5.91 Å². The van der Waals surface area contributed by atoms with Crippen molar-refractivity contribution in [1.82, 2.24) is 9.88 Å². The van der Waals surface area contributed by atoms with E-state index in [1.165, 1.54) is 32.0 Å². The number of nitrogens with zero attached hydrogens (tertiary/aromatic N) is 2. The Bertz CT molecular complexity index is 1500. The van der Waals surface area contributed by atoms with Crippen molar-refractivity contribution in [2.45, 2.75) is 37.8 Å². The normalized spacial score (nSPS) is 29.6. The van der Waals surface area contributed by atoms with Crippen molar-refractivity contribution in [2.75, 3.05) is 14.1 Å². The van der Waals surface area contributed by atoms with Crippen molar-refractivity contribution in [3.05, 3.63) is 47.3 Å². The number of amides is 1. The molecule has 3 aliphatic carbocycles. The van der Waals surface area contributed by atoms with Crippen LogP contribution in [0.1, 0.15) is 35.0 Å². The average Bonchev–Trinajstić information content (AvgIpc) is 2.86. The number of phenols is 1. The quantitative estimate of drug-likeness (QED) is 0.432. The smallest absolute Gasteiger partial charge is 0.235 e. The maximum absolute atomic E-state index is 13.9. The number of phenolic OH excluding ortho intramolecular Hbond substituents is 1. The number of likely N-dealkylation sites (N-methyl/N-ethyl adjacent to an activating group) is 1. The fourth-order valence-electron chi connectivity index (χ4n) is 6.82. The number of hydrogen-bond acceptors (Lipinski definition) is 10. The first kappa shape index (κ1) is 27.5. The molecule has 11 heteroatoms. The third-order valence-electron chi connectivity index (χ3n) is 8.51. The van der Waals surface area contributed by atoms with Crippen molar-refractivity contribution in [1.29, 1.82) is 0 Å². The van der Waals surface area contributed by atoms with Crippen LogP contribution in [0.15, 0.2) is 30.5 Å². The van der Waals surface area contributed by atoms with Crippen LogP contribution in [0.5, 0.6) is 5.75 Å². The molecule has 2 unspecified atom stereocenters. The van der Waals surface area contributed by atoms with Crippen LogP contribution in [-0.4, -0.2) is 80.7 Å². The number of hydrogen-bond donors (Lipinski definition) is 3. The number of nitrogens with two attached hydrogens (primary N) is 1. The summed E-state index contributed by atoms with van der Waals surface area (Å²) in [7, 11) is 3.07. The summed E-state index contributed by atoms with van der Waals surface area (Å²) in [6.45, 7) is 1.46. The van der Waals surface area contributed by atoms with E-state index in [0.29, 0.717) is 22.4 Å². The van der Waals surface area contributed by atoms with E-state index < -0.39 is 64.4 Å². The highest BCUT2D eigenvalue weighted by Gasteiger charge is 2.69. The highest BCUT2D eigenvalue weighted by Crippen LogP contribution is 2.51. The second kappa shape index (κ2) is 9.53. The Hall–Kier alpha value is -4.09. The Balaban J connectivity index is 1.61. The monoisotopic (exact) mass is 547 g/mol. The van der Waals surface area contributed by atoms with Crippen LogP contribution in [0, 0.1) is 23.7 Å². The van der Waals surface area contributed by atoms with Crippen LogP contribution in [0.2, 0.25) is 0 Å². The zero-order valence-electron chi connectivity index (χ0n) is 22.2. The molecule has 1 amide bonds. The van der Waals surface area contributed by atoms with Crippen molar-refractivity contribution in [2.24, 2.45) is 29.4 Å². The first-order chi connectivity index (χ1) is 18.8. The van der Waals surface area contributed by atoms with Gasteiger partial charge in [-0.2, -0.15) is 0 Å². The summed E-state index contributed by atoms with van der Waals surface area (Å²) in [5, 5.41) is 22.4. The molecule has 6 atom stereocenters. The summed E-state index contributed by atoms with van der Waals surface area (Å²) in [5.74, 6) is -10.9. The SMILES string of the molecule is CC(=O)Cc1ccc(-c2ccc(O)c3c2C[C@H]2C[C@H]4[C@H](N(C)C)C(=O)C(C(N)=O)C(=O)[C@@]4(O)C(=O)C2C3=O)cn1. The Morgan fingerprint density at radius 2 is 1.80 bits per heavy atom. The van der Waals surface area contributed by atoms with Crippen LogP contribution in [0.3, 0.4) is 0 Å². The molecule has 1 aromatic heterocycles. The standard InChI is InChI=1S/C29H29N3O8/c1-12(33)8-15-5-4-13(11-31-15)16-6-7-19(34)21-17(16)9-14-10-18-23(32(2)3)25(36)22(28(30)39)27(38)29(18,40)26(37)20(14)24(21)35/h4-7,11,14,18,20,22-23,34,40H,8-10H2,1-3H3,(H2,30,39)/t14-,18-,20?,22?,23-,29-/m0/s1. The predicted octanol–water partition coefficient (Wildman–Crippen LogP) is 0.0605. The van der Waals surface area contributed by atoms with Crippen molar-refractivity contribution >= 4 is 34.8 Å². The molecule has 2 fully saturated rings. The fraction of sp³-hybridized carbons (Fsp3) is 0.414. The maximum Gasteiger partial charge on any atom is 0.235 e. The van der Waals surface area contributed by atoms with Crippen LogP contribution < -0.4 is 5.73 Å². The maximum atomic E-state index is 13.9. The summed E-state index contributed by atoms with van der Waals surface area (Å²) in [5.41, 5.74) is 4.78. The Morgan fingerprint density at radius 3 is 2.38 bits per heavy atom. The zero-order chi connectivity index (χ0) is 29.3. The molecule has 40 heavy (non-hydrogen) atoms. The highest BCUT2D eigenvalue weighted by molar-refractivity contribution is 6.32. The van der Waals surface area contributed by atoms with Crippen LogP contribution in [0.25, 0.3) is 11.1 Å². The van der Waals surface area contributed by atoms with E-state index in [4.69, 9.17) is 5.73 Å². The number of fused-ring (bicyclic) bond motifs is 3. The number of carbonyl (C=O) groups excluding carboxylic acids is 6. The molecule has 1 aromatic carbocycles. The third-order valence-corrected chi connectivity index (χ3v) is 8.51. The number of ketones is 5. The summed E-state index contributed by atoms with van der Waals surface area (Å²) in [4.78, 5) is 83.6. The lowest BCUT2D eigenvalue weighted by Gasteiger charge is -2.52. The number of aromatic nitrogens is 1. The van der Waals surface area contributed by atoms with Gasteiger partial charge in [-0.05, 0) is 63.0 Å². The topological polar surface area (TPSA) is 185 Å². The number of benzene rings is 1. The molecule has 2 aromatic rings. The number of rotatable bonds is 5. The third kappa shape index (κ3) is 3.91. The first-order valence-corrected chi connectivity index (χ1v) is 12.9. The van der Waals surface area contributed by atoms with Gasteiger partial charge in [0, 0.05) is 29.8 Å². The molecular formula is C29H29N3O8. The number of aliphatic hydroxyl groups is 1. The van der Waals surface area contributed by atoms with Gasteiger partial charge in [-0.3, -0.25) is 38.7 Å². The first-order valence-electron chi connectivity index (χ1n) is 12.9. The summed E-state index contributed by atoms with van der Waals surface area (Å²) in [6.07, 6.45) is 1.85. The van der Waals surface area contributed by atoms with Gasteiger partial charge in [-0.15, -0.1) is 0 Å². The molecule has 0 bridgehead atoms. The second-order valence-electron chi connectivity index (χ2n) is 11.2. The lowest BCUT2D eigenvalue weighted by molar-refractivity contribution is -0.181. The number of primary amides is 1. The van der Waals surface area contributed by atoms with Gasteiger partial charge in [0.15, 0.2) is 34.7 Å². The van der Waals surface area contributed by atoms with Gasteiger partial charge >= 0.3 is 0 Å². The Kier molecular flexibility index (Phi) is 6.54. The van der Waals surface area contributed by atoms with E-state index in [9.17, 15) is 39.0 Å². The van der Waals surface area contributed by atoms with Crippen LogP contribution in [-0.2, 0) is 36.8 Å². The molecule has 0 radical (unpaired) electrons. The summed E-state index contributed by atoms with van der Waals surface area (Å²) >= 11 is 0.